The molecule has 0 amide bonds. The van der Waals surface area contributed by atoms with Gasteiger partial charge in [-0.05, 0) is 37.8 Å². The molecule has 0 atom stereocenters. The van der Waals surface area contributed by atoms with Crippen molar-refractivity contribution in [1.82, 2.24) is 4.98 Å². The van der Waals surface area contributed by atoms with Crippen LogP contribution < -0.4 is 0 Å². The van der Waals surface area contributed by atoms with Gasteiger partial charge in [-0.25, -0.2) is 0 Å². The van der Waals surface area contributed by atoms with Crippen molar-refractivity contribution in [3.63, 3.8) is 0 Å². The molecule has 1 heterocycles. The van der Waals surface area contributed by atoms with Crippen LogP contribution in [0.5, 0.6) is 0 Å². The molecule has 2 heteroatoms. The van der Waals surface area contributed by atoms with Crippen LogP contribution in [0.15, 0.2) is 18.3 Å². The average molecular weight is 320 g/mol. The number of aryl methyl sites for hydroxylation is 1. The fourth-order valence-electron chi connectivity index (χ4n) is 1.83. The van der Waals surface area contributed by atoms with E-state index >= 15 is 0 Å². The van der Waals surface area contributed by atoms with Gasteiger partial charge >= 0.3 is 0 Å². The third-order valence-electron chi connectivity index (χ3n) is 2.99. The Bertz CT molecular complexity index is 387. The average Bonchev–Trinajstić information content (AvgIpc) is 2.63. The maximum atomic E-state index is 5.00. The van der Waals surface area contributed by atoms with Crippen LogP contribution >= 0.6 is 0 Å². The van der Waals surface area contributed by atoms with Crippen molar-refractivity contribution in [2.24, 2.45) is 0 Å². The van der Waals surface area contributed by atoms with Crippen molar-refractivity contribution in [3.8, 4) is 11.8 Å². The minimum absolute atomic E-state index is 0.829. The lowest BCUT2D eigenvalue weighted by Crippen LogP contribution is -1.90. The van der Waals surface area contributed by atoms with E-state index in [1.165, 1.54) is 25.0 Å². The Morgan fingerprint density at radius 1 is 1.00 bits per heavy atom. The molecule has 0 aliphatic heterocycles. The van der Waals surface area contributed by atoms with Crippen molar-refractivity contribution in [2.75, 3.05) is 13.7 Å². The molecule has 0 aliphatic carbocycles. The third kappa shape index (κ3) is 15.3. The summed E-state index contributed by atoms with van der Waals surface area (Å²) in [6.45, 7) is 11.1. The van der Waals surface area contributed by atoms with E-state index in [4.69, 9.17) is 4.74 Å². The highest BCUT2D eigenvalue weighted by atomic mass is 16.5. The maximum absolute atomic E-state index is 5.00. The molecule has 1 rings (SSSR count). The van der Waals surface area contributed by atoms with Gasteiger partial charge in [-0.15, -0.1) is 0 Å². The fraction of sp³-hybridized carbons (Fsp3) is 0.667. The van der Waals surface area contributed by atoms with Gasteiger partial charge in [0.25, 0.3) is 0 Å². The first kappa shape index (κ1) is 23.9. The maximum Gasteiger partial charge on any atom is 0.0462 e. The molecule has 0 fully saturated rings. The van der Waals surface area contributed by atoms with Crippen LogP contribution in [0.2, 0.25) is 0 Å². The fourth-order valence-corrected chi connectivity index (χ4v) is 1.83. The molecule has 0 radical (unpaired) electrons. The largest absolute Gasteiger partial charge is 0.385 e. The Balaban J connectivity index is 0. The summed E-state index contributed by atoms with van der Waals surface area (Å²) in [5.41, 5.74) is 2.20. The van der Waals surface area contributed by atoms with E-state index < -0.39 is 0 Å². The molecule has 0 unspecified atom stereocenters. The number of aromatic nitrogens is 1. The van der Waals surface area contributed by atoms with Gasteiger partial charge in [0.15, 0.2) is 0 Å². The number of hydrogen-bond donors (Lipinski definition) is 0. The number of pyridine rings is 1. The first-order valence-electron chi connectivity index (χ1n) is 9.29. The van der Waals surface area contributed by atoms with E-state index in [2.05, 4.69) is 35.9 Å². The van der Waals surface area contributed by atoms with Crippen LogP contribution in [0, 0.1) is 11.8 Å². The van der Waals surface area contributed by atoms with Gasteiger partial charge in [-0.3, -0.25) is 4.98 Å². The zero-order valence-electron chi connectivity index (χ0n) is 16.2. The minimum atomic E-state index is 0.829. The van der Waals surface area contributed by atoms with Gasteiger partial charge in [0.05, 0.1) is 0 Å². The SMILES string of the molecule is CC.CC.CCCCCc1ccc(C#CCCCCOC)cn1. The Kier molecular flexibility index (Phi) is 21.5. The van der Waals surface area contributed by atoms with Crippen LogP contribution in [0.3, 0.4) is 0 Å². The minimum Gasteiger partial charge on any atom is -0.385 e. The molecule has 2 nitrogen and oxygen atoms in total. The van der Waals surface area contributed by atoms with E-state index in [1.54, 1.807) is 7.11 Å². The van der Waals surface area contributed by atoms with Crippen LogP contribution in [-0.4, -0.2) is 18.7 Å². The summed E-state index contributed by atoms with van der Waals surface area (Å²) in [4.78, 5) is 4.46. The lowest BCUT2D eigenvalue weighted by Gasteiger charge is -1.99. The lowest BCUT2D eigenvalue weighted by molar-refractivity contribution is 0.193. The molecule has 0 bridgehead atoms. The zero-order valence-corrected chi connectivity index (χ0v) is 16.2. The highest BCUT2D eigenvalue weighted by molar-refractivity contribution is 5.32. The van der Waals surface area contributed by atoms with Gasteiger partial charge in [-0.1, -0.05) is 59.3 Å². The second-order valence-corrected chi connectivity index (χ2v) is 4.75. The van der Waals surface area contributed by atoms with Crippen molar-refractivity contribution in [1.29, 1.82) is 0 Å². The summed E-state index contributed by atoms with van der Waals surface area (Å²) in [7, 11) is 1.74. The van der Waals surface area contributed by atoms with Crippen molar-refractivity contribution < 1.29 is 4.74 Å². The molecule has 0 aromatic carbocycles. The summed E-state index contributed by atoms with van der Waals surface area (Å²) < 4.78 is 5.00. The molecule has 0 saturated carbocycles. The molecule has 23 heavy (non-hydrogen) atoms. The van der Waals surface area contributed by atoms with E-state index in [-0.39, 0.29) is 0 Å². The van der Waals surface area contributed by atoms with Crippen molar-refractivity contribution in [2.45, 2.75) is 79.6 Å². The molecular formula is C21H37NO. The Morgan fingerprint density at radius 2 is 1.74 bits per heavy atom. The van der Waals surface area contributed by atoms with Crippen LogP contribution in [0.1, 0.15) is 84.4 Å². The van der Waals surface area contributed by atoms with Crippen molar-refractivity contribution >= 4 is 0 Å². The second kappa shape index (κ2) is 20.7. The van der Waals surface area contributed by atoms with Crippen molar-refractivity contribution in [3.05, 3.63) is 29.6 Å². The number of hydrogen-bond acceptors (Lipinski definition) is 2. The predicted molar refractivity (Wildman–Crippen MR) is 103 cm³/mol. The highest BCUT2D eigenvalue weighted by Gasteiger charge is 1.94. The topological polar surface area (TPSA) is 22.1 Å². The molecule has 0 saturated heterocycles. The monoisotopic (exact) mass is 319 g/mol. The molecule has 0 N–H and O–H groups in total. The highest BCUT2D eigenvalue weighted by Crippen LogP contribution is 2.05. The first-order valence-corrected chi connectivity index (χ1v) is 9.29. The number of unbranched alkanes of at least 4 members (excludes halogenated alkanes) is 4. The summed E-state index contributed by atoms with van der Waals surface area (Å²) in [5, 5.41) is 0. The number of ether oxygens (including phenoxy) is 1. The zero-order chi connectivity index (χ0) is 17.8. The molecule has 0 aliphatic rings. The lowest BCUT2D eigenvalue weighted by atomic mass is 10.1. The van der Waals surface area contributed by atoms with Crippen LogP contribution in [0.4, 0.5) is 0 Å². The molecule has 1 aromatic rings. The summed E-state index contributed by atoms with van der Waals surface area (Å²) in [6.07, 6.45) is 9.86. The standard InChI is InChI=1S/C17H25NO.2C2H6/c1-3-4-7-11-17-13-12-16(15-18-17)10-8-5-6-9-14-19-2;2*1-2/h12-13,15H,3-7,9,11,14H2,1-2H3;2*1-2H3. The van der Waals surface area contributed by atoms with Gasteiger partial charge in [-0.2, -0.15) is 0 Å². The summed E-state index contributed by atoms with van der Waals surface area (Å²) in [5.74, 6) is 6.35. The van der Waals surface area contributed by atoms with Crippen LogP contribution in [-0.2, 0) is 11.2 Å². The Hall–Kier alpha value is -1.33. The molecule has 1 aromatic heterocycles. The van der Waals surface area contributed by atoms with Gasteiger partial charge in [0.2, 0.25) is 0 Å². The third-order valence-corrected chi connectivity index (χ3v) is 2.99. The van der Waals surface area contributed by atoms with E-state index in [1.807, 2.05) is 33.9 Å². The quantitative estimate of drug-likeness (QED) is 0.431. The summed E-state index contributed by atoms with van der Waals surface area (Å²) >= 11 is 0. The normalized spacial score (nSPS) is 8.78. The predicted octanol–water partition coefficient (Wildman–Crippen LogP) is 6.03. The molecule has 0 spiro atoms. The van der Waals surface area contributed by atoms with Gasteiger partial charge in [0.1, 0.15) is 0 Å². The number of nitrogens with zero attached hydrogens (tertiary/aromatic N) is 1. The number of methoxy groups -OCH3 is 1. The Morgan fingerprint density at radius 3 is 2.30 bits per heavy atom. The Labute approximate surface area is 145 Å². The van der Waals surface area contributed by atoms with Gasteiger partial charge in [0, 0.05) is 37.6 Å². The van der Waals surface area contributed by atoms with Crippen LogP contribution in [0.25, 0.3) is 0 Å². The second-order valence-electron chi connectivity index (χ2n) is 4.75. The van der Waals surface area contributed by atoms with E-state index in [9.17, 15) is 0 Å². The smallest absolute Gasteiger partial charge is 0.0462 e. The van der Waals surface area contributed by atoms with E-state index in [0.29, 0.717) is 0 Å². The van der Waals surface area contributed by atoms with Gasteiger partial charge < -0.3 is 4.74 Å². The molecular weight excluding hydrogens is 282 g/mol. The molecule has 132 valence electrons. The summed E-state index contributed by atoms with van der Waals surface area (Å²) in [6, 6.07) is 4.18. The number of rotatable bonds is 8. The van der Waals surface area contributed by atoms with E-state index in [0.717, 1.165) is 37.9 Å². The first-order chi connectivity index (χ1) is 11.4.